The molecule has 0 amide bonds. The zero-order chi connectivity index (χ0) is 10.4. The fraction of sp³-hybridized carbons (Fsp3) is 0.667. The van der Waals surface area contributed by atoms with Crippen molar-refractivity contribution >= 4 is 18.2 Å². The number of hydrogen-bond acceptors (Lipinski definition) is 4. The molecular formula is C9H16N4S. The molecule has 0 radical (unpaired) electrons. The van der Waals surface area contributed by atoms with Gasteiger partial charge in [0.1, 0.15) is 6.33 Å². The summed E-state index contributed by atoms with van der Waals surface area (Å²) >= 11 is 4.95. The van der Waals surface area contributed by atoms with Crippen molar-refractivity contribution in [1.29, 1.82) is 0 Å². The Balaban J connectivity index is 2.81. The van der Waals surface area contributed by atoms with Gasteiger partial charge in [-0.25, -0.2) is 9.97 Å². The Bertz CT molecular complexity index is 317. The molecule has 4 nitrogen and oxygen atoms in total. The molecule has 0 aliphatic heterocycles. The molecule has 0 aromatic carbocycles. The molecule has 0 saturated heterocycles. The molecule has 78 valence electrons. The van der Waals surface area contributed by atoms with E-state index in [2.05, 4.69) is 33.7 Å². The van der Waals surface area contributed by atoms with Gasteiger partial charge in [-0.2, -0.15) is 0 Å². The van der Waals surface area contributed by atoms with E-state index in [1.807, 2.05) is 0 Å². The molecule has 0 aliphatic carbocycles. The Morgan fingerprint density at radius 1 is 1.29 bits per heavy atom. The number of hydrogen-bond donors (Lipinski definition) is 1. The Kier molecular flexibility index (Phi) is 4.52. The average molecular weight is 212 g/mol. The lowest BCUT2D eigenvalue weighted by molar-refractivity contribution is 0.716. The molecule has 1 N–H and O–H groups in total. The third-order valence-electron chi connectivity index (χ3n) is 1.86. The second-order valence-corrected chi connectivity index (χ2v) is 3.50. The van der Waals surface area contributed by atoms with Crippen molar-refractivity contribution in [2.45, 2.75) is 26.7 Å². The first-order valence-corrected chi connectivity index (χ1v) is 5.35. The standard InChI is InChI=1S/C9H16N4S/c1-3-5-13(6-4-2)8-10-7-11-9(14)12-8/h7H,3-6H2,1-2H3,(H,10,11,12,14). The van der Waals surface area contributed by atoms with Crippen LogP contribution in [0.2, 0.25) is 0 Å². The largest absolute Gasteiger partial charge is 0.342 e. The molecule has 0 unspecified atom stereocenters. The van der Waals surface area contributed by atoms with Crippen LogP contribution in [-0.4, -0.2) is 28.0 Å². The highest BCUT2D eigenvalue weighted by atomic mass is 32.1. The minimum absolute atomic E-state index is 0.493. The van der Waals surface area contributed by atoms with Crippen molar-refractivity contribution in [2.75, 3.05) is 18.0 Å². The van der Waals surface area contributed by atoms with Crippen molar-refractivity contribution in [2.24, 2.45) is 0 Å². The molecule has 0 atom stereocenters. The van der Waals surface area contributed by atoms with Gasteiger partial charge in [-0.3, -0.25) is 0 Å². The lowest BCUT2D eigenvalue weighted by atomic mass is 10.4. The maximum atomic E-state index is 4.95. The minimum atomic E-state index is 0.493. The molecule has 1 heterocycles. The molecule has 1 aromatic rings. The van der Waals surface area contributed by atoms with E-state index in [0.29, 0.717) is 4.77 Å². The van der Waals surface area contributed by atoms with E-state index in [-0.39, 0.29) is 0 Å². The quantitative estimate of drug-likeness (QED) is 0.760. The summed E-state index contributed by atoms with van der Waals surface area (Å²) in [6.45, 7) is 6.29. The predicted molar refractivity (Wildman–Crippen MR) is 60.0 cm³/mol. The summed E-state index contributed by atoms with van der Waals surface area (Å²) in [5.41, 5.74) is 0. The lowest BCUT2D eigenvalue weighted by Crippen LogP contribution is -2.26. The Labute approximate surface area is 89.4 Å². The number of H-pyrrole nitrogens is 1. The van der Waals surface area contributed by atoms with Crippen molar-refractivity contribution in [3.63, 3.8) is 0 Å². The van der Waals surface area contributed by atoms with Crippen LogP contribution in [0.5, 0.6) is 0 Å². The van der Waals surface area contributed by atoms with Gasteiger partial charge in [0.05, 0.1) is 0 Å². The Morgan fingerprint density at radius 2 is 1.93 bits per heavy atom. The van der Waals surface area contributed by atoms with Gasteiger partial charge in [0.25, 0.3) is 0 Å². The molecule has 1 rings (SSSR count). The molecule has 14 heavy (non-hydrogen) atoms. The number of rotatable bonds is 5. The van der Waals surface area contributed by atoms with Crippen LogP contribution in [0.4, 0.5) is 5.95 Å². The molecule has 5 heteroatoms. The fourth-order valence-corrected chi connectivity index (χ4v) is 1.46. The maximum Gasteiger partial charge on any atom is 0.206 e. The molecule has 0 spiro atoms. The fourth-order valence-electron chi connectivity index (χ4n) is 1.32. The van der Waals surface area contributed by atoms with Crippen LogP contribution < -0.4 is 4.90 Å². The van der Waals surface area contributed by atoms with Gasteiger partial charge in [0, 0.05) is 13.1 Å². The van der Waals surface area contributed by atoms with Gasteiger partial charge in [0.15, 0.2) is 0 Å². The second-order valence-electron chi connectivity index (χ2n) is 3.11. The Morgan fingerprint density at radius 3 is 2.43 bits per heavy atom. The zero-order valence-corrected chi connectivity index (χ0v) is 9.47. The number of aromatic amines is 1. The van der Waals surface area contributed by atoms with E-state index >= 15 is 0 Å². The van der Waals surface area contributed by atoms with Crippen molar-refractivity contribution in [3.05, 3.63) is 11.1 Å². The monoisotopic (exact) mass is 212 g/mol. The van der Waals surface area contributed by atoms with Gasteiger partial charge in [-0.15, -0.1) is 0 Å². The average Bonchev–Trinajstić information content (AvgIpc) is 2.17. The molecule has 0 saturated carbocycles. The van der Waals surface area contributed by atoms with Crippen LogP contribution in [0, 0.1) is 4.77 Å². The van der Waals surface area contributed by atoms with Gasteiger partial charge in [0.2, 0.25) is 10.7 Å². The van der Waals surface area contributed by atoms with Gasteiger partial charge in [-0.1, -0.05) is 13.8 Å². The van der Waals surface area contributed by atoms with Crippen molar-refractivity contribution in [3.8, 4) is 0 Å². The van der Waals surface area contributed by atoms with E-state index in [0.717, 1.165) is 31.9 Å². The first-order valence-electron chi connectivity index (χ1n) is 4.94. The van der Waals surface area contributed by atoms with Crippen LogP contribution in [0.3, 0.4) is 0 Å². The SMILES string of the molecule is CCCN(CCC)c1ncnc(=S)[nH]1. The van der Waals surface area contributed by atoms with Crippen LogP contribution in [-0.2, 0) is 0 Å². The van der Waals surface area contributed by atoms with Crippen LogP contribution >= 0.6 is 12.2 Å². The molecular weight excluding hydrogens is 196 g/mol. The smallest absolute Gasteiger partial charge is 0.206 e. The minimum Gasteiger partial charge on any atom is -0.342 e. The Hall–Kier alpha value is -0.970. The summed E-state index contributed by atoms with van der Waals surface area (Å²) in [4.78, 5) is 13.2. The van der Waals surface area contributed by atoms with Crippen LogP contribution in [0.1, 0.15) is 26.7 Å². The predicted octanol–water partition coefficient (Wildman–Crippen LogP) is 2.16. The summed E-state index contributed by atoms with van der Waals surface area (Å²) in [7, 11) is 0. The van der Waals surface area contributed by atoms with Crippen molar-refractivity contribution < 1.29 is 0 Å². The number of aromatic nitrogens is 3. The third kappa shape index (κ3) is 3.06. The first-order chi connectivity index (χ1) is 6.77. The number of nitrogens with zero attached hydrogens (tertiary/aromatic N) is 3. The van der Waals surface area contributed by atoms with E-state index in [4.69, 9.17) is 12.2 Å². The van der Waals surface area contributed by atoms with Gasteiger partial charge < -0.3 is 9.88 Å². The highest BCUT2D eigenvalue weighted by Crippen LogP contribution is 2.06. The van der Waals surface area contributed by atoms with E-state index in [9.17, 15) is 0 Å². The lowest BCUT2D eigenvalue weighted by Gasteiger charge is -2.21. The highest BCUT2D eigenvalue weighted by Gasteiger charge is 2.05. The third-order valence-corrected chi connectivity index (χ3v) is 2.07. The summed E-state index contributed by atoms with van der Waals surface area (Å²) in [6.07, 6.45) is 3.71. The van der Waals surface area contributed by atoms with Gasteiger partial charge in [-0.05, 0) is 25.1 Å². The first kappa shape index (κ1) is 11.1. The van der Waals surface area contributed by atoms with Crippen LogP contribution in [0.15, 0.2) is 6.33 Å². The van der Waals surface area contributed by atoms with Crippen LogP contribution in [0.25, 0.3) is 0 Å². The molecule has 0 aliphatic rings. The summed E-state index contributed by atoms with van der Waals surface area (Å²) in [6, 6.07) is 0. The van der Waals surface area contributed by atoms with E-state index in [1.54, 1.807) is 0 Å². The normalized spacial score (nSPS) is 10.1. The highest BCUT2D eigenvalue weighted by molar-refractivity contribution is 7.71. The maximum absolute atomic E-state index is 4.95. The summed E-state index contributed by atoms with van der Waals surface area (Å²) in [5.74, 6) is 0.828. The molecule has 0 bridgehead atoms. The summed E-state index contributed by atoms with van der Waals surface area (Å²) in [5, 5.41) is 0. The number of anilines is 1. The topological polar surface area (TPSA) is 44.8 Å². The number of nitrogens with one attached hydrogen (secondary N) is 1. The summed E-state index contributed by atoms with van der Waals surface area (Å²) < 4.78 is 0.493. The molecule has 1 aromatic heterocycles. The van der Waals surface area contributed by atoms with E-state index in [1.165, 1.54) is 6.33 Å². The van der Waals surface area contributed by atoms with Gasteiger partial charge >= 0.3 is 0 Å². The van der Waals surface area contributed by atoms with Crippen molar-refractivity contribution in [1.82, 2.24) is 15.0 Å². The zero-order valence-electron chi connectivity index (χ0n) is 8.66. The van der Waals surface area contributed by atoms with E-state index < -0.39 is 0 Å². The molecule has 0 fully saturated rings. The second kappa shape index (κ2) is 5.70.